The maximum absolute atomic E-state index is 12.4. The molecule has 1 aliphatic rings. The molecule has 100 valence electrons. The summed E-state index contributed by atoms with van der Waals surface area (Å²) in [6.07, 6.45) is 4.12. The van der Waals surface area contributed by atoms with E-state index in [-0.39, 0.29) is 11.9 Å². The molecule has 1 fully saturated rings. The third kappa shape index (κ3) is 2.42. The Hall–Kier alpha value is -1.32. The highest BCUT2D eigenvalue weighted by molar-refractivity contribution is 5.80. The van der Waals surface area contributed by atoms with E-state index in [0.29, 0.717) is 0 Å². The number of rotatable bonds is 4. The fraction of sp³-hybridized carbons (Fsp3) is 0.714. The number of likely N-dealkylation sites (tertiary alicyclic amines) is 1. The van der Waals surface area contributed by atoms with Crippen molar-refractivity contribution in [2.75, 3.05) is 13.1 Å². The van der Waals surface area contributed by atoms with E-state index >= 15 is 0 Å². The Labute approximate surface area is 109 Å². The first-order valence-corrected chi connectivity index (χ1v) is 7.03. The lowest BCUT2D eigenvalue weighted by molar-refractivity contribution is -0.133. The van der Waals surface area contributed by atoms with Crippen LogP contribution in [0.4, 0.5) is 0 Å². The Morgan fingerprint density at radius 1 is 1.33 bits per heavy atom. The van der Waals surface area contributed by atoms with Crippen molar-refractivity contribution in [1.29, 1.82) is 0 Å². The Morgan fingerprint density at radius 2 is 2.00 bits per heavy atom. The average molecular weight is 249 g/mol. The maximum atomic E-state index is 12.4. The molecule has 4 nitrogen and oxygen atoms in total. The van der Waals surface area contributed by atoms with Gasteiger partial charge in [0.15, 0.2) is 0 Å². The van der Waals surface area contributed by atoms with Crippen LogP contribution in [0.5, 0.6) is 0 Å². The third-order valence-corrected chi connectivity index (χ3v) is 3.73. The fourth-order valence-electron chi connectivity index (χ4n) is 2.57. The van der Waals surface area contributed by atoms with Crippen LogP contribution in [0.25, 0.3) is 0 Å². The summed E-state index contributed by atoms with van der Waals surface area (Å²) in [5, 5.41) is 4.56. The Balaban J connectivity index is 2.18. The van der Waals surface area contributed by atoms with E-state index in [4.69, 9.17) is 0 Å². The van der Waals surface area contributed by atoms with Crippen LogP contribution in [0.1, 0.15) is 51.0 Å². The number of aromatic nitrogens is 2. The number of carbonyl (C=O) groups is 1. The first-order chi connectivity index (χ1) is 8.67. The largest absolute Gasteiger partial charge is 0.341 e. The van der Waals surface area contributed by atoms with Gasteiger partial charge in [-0.05, 0) is 38.7 Å². The van der Waals surface area contributed by atoms with Crippen molar-refractivity contribution in [2.24, 2.45) is 0 Å². The Kier molecular flexibility index (Phi) is 4.04. The van der Waals surface area contributed by atoms with Crippen molar-refractivity contribution < 1.29 is 4.79 Å². The lowest BCUT2D eigenvalue weighted by Crippen LogP contribution is -2.34. The summed E-state index contributed by atoms with van der Waals surface area (Å²) < 4.78 is 1.92. The number of hydrogen-bond acceptors (Lipinski definition) is 2. The molecule has 1 aromatic rings. The molecule has 0 saturated carbocycles. The highest BCUT2D eigenvalue weighted by atomic mass is 16.2. The topological polar surface area (TPSA) is 38.1 Å². The van der Waals surface area contributed by atoms with E-state index in [1.54, 1.807) is 0 Å². The zero-order valence-electron chi connectivity index (χ0n) is 11.6. The maximum Gasteiger partial charge on any atom is 0.247 e. The molecule has 1 unspecified atom stereocenters. The number of carbonyl (C=O) groups excluding carboxylic acids is 1. The minimum Gasteiger partial charge on any atom is -0.341 e. The quantitative estimate of drug-likeness (QED) is 0.820. The highest BCUT2D eigenvalue weighted by Crippen LogP contribution is 2.18. The summed E-state index contributed by atoms with van der Waals surface area (Å²) in [6, 6.07) is 1.95. The first kappa shape index (κ1) is 13.1. The number of hydrogen-bond donors (Lipinski definition) is 0. The zero-order chi connectivity index (χ0) is 13.1. The lowest BCUT2D eigenvalue weighted by atomic mass is 10.2. The molecular weight excluding hydrogens is 226 g/mol. The summed E-state index contributed by atoms with van der Waals surface area (Å²) >= 11 is 0. The van der Waals surface area contributed by atoms with E-state index in [0.717, 1.165) is 50.2 Å². The lowest BCUT2D eigenvalue weighted by Gasteiger charge is -2.21. The summed E-state index contributed by atoms with van der Waals surface area (Å²) in [5.41, 5.74) is 2.24. The molecule has 2 heterocycles. The third-order valence-electron chi connectivity index (χ3n) is 3.73. The van der Waals surface area contributed by atoms with Crippen molar-refractivity contribution in [3.05, 3.63) is 17.5 Å². The van der Waals surface area contributed by atoms with Crippen LogP contribution in [0, 0.1) is 0 Å². The average Bonchev–Trinajstić information content (AvgIpc) is 3.05. The van der Waals surface area contributed by atoms with Crippen LogP contribution in [-0.4, -0.2) is 33.7 Å². The van der Waals surface area contributed by atoms with Crippen molar-refractivity contribution in [2.45, 2.75) is 52.5 Å². The molecule has 0 bridgehead atoms. The van der Waals surface area contributed by atoms with Crippen LogP contribution in [0.2, 0.25) is 0 Å². The molecule has 4 heteroatoms. The van der Waals surface area contributed by atoms with E-state index in [1.165, 1.54) is 0 Å². The molecule has 0 N–H and O–H groups in total. The van der Waals surface area contributed by atoms with Crippen molar-refractivity contribution in [3.8, 4) is 0 Å². The predicted molar refractivity (Wildman–Crippen MR) is 71.5 cm³/mol. The Morgan fingerprint density at radius 3 is 2.56 bits per heavy atom. The smallest absolute Gasteiger partial charge is 0.247 e. The number of aryl methyl sites for hydroxylation is 2. The number of nitrogens with zero attached hydrogens (tertiary/aromatic N) is 3. The van der Waals surface area contributed by atoms with Gasteiger partial charge in [0.25, 0.3) is 0 Å². The Bertz CT molecular complexity index is 419. The van der Waals surface area contributed by atoms with Crippen LogP contribution in [-0.2, 0) is 17.6 Å². The normalized spacial score (nSPS) is 17.2. The van der Waals surface area contributed by atoms with E-state index in [1.807, 2.05) is 16.5 Å². The molecule has 2 rings (SSSR count). The van der Waals surface area contributed by atoms with Gasteiger partial charge in [-0.3, -0.25) is 9.48 Å². The molecule has 0 aliphatic carbocycles. The van der Waals surface area contributed by atoms with Gasteiger partial charge in [-0.2, -0.15) is 5.10 Å². The van der Waals surface area contributed by atoms with Gasteiger partial charge in [-0.15, -0.1) is 0 Å². The monoisotopic (exact) mass is 249 g/mol. The van der Waals surface area contributed by atoms with Gasteiger partial charge in [0, 0.05) is 18.8 Å². The minimum absolute atomic E-state index is 0.168. The van der Waals surface area contributed by atoms with Gasteiger partial charge in [-0.1, -0.05) is 13.8 Å². The van der Waals surface area contributed by atoms with Gasteiger partial charge in [0.2, 0.25) is 5.91 Å². The molecule has 1 amide bonds. The van der Waals surface area contributed by atoms with E-state index < -0.39 is 0 Å². The van der Waals surface area contributed by atoms with Crippen molar-refractivity contribution in [1.82, 2.24) is 14.7 Å². The van der Waals surface area contributed by atoms with Gasteiger partial charge < -0.3 is 4.90 Å². The molecule has 0 aromatic carbocycles. The zero-order valence-corrected chi connectivity index (χ0v) is 11.6. The number of amides is 1. The van der Waals surface area contributed by atoms with Crippen LogP contribution < -0.4 is 0 Å². The molecule has 0 radical (unpaired) electrons. The SMILES string of the molecule is CCc1cc(CC)n(C(C)C(=O)N2CCCC2)n1. The second-order valence-corrected chi connectivity index (χ2v) is 4.99. The van der Waals surface area contributed by atoms with E-state index in [9.17, 15) is 4.79 Å². The first-order valence-electron chi connectivity index (χ1n) is 7.03. The van der Waals surface area contributed by atoms with Gasteiger partial charge >= 0.3 is 0 Å². The van der Waals surface area contributed by atoms with E-state index in [2.05, 4.69) is 25.0 Å². The summed E-state index contributed by atoms with van der Waals surface area (Å²) in [5.74, 6) is 0.216. The second-order valence-electron chi connectivity index (χ2n) is 4.99. The standard InChI is InChI=1S/C14H23N3O/c1-4-12-10-13(5-2)17(15-12)11(3)14(18)16-8-6-7-9-16/h10-11H,4-9H2,1-3H3. The summed E-state index contributed by atoms with van der Waals surface area (Å²) in [6.45, 7) is 7.99. The molecule has 1 aliphatic heterocycles. The van der Waals surface area contributed by atoms with Crippen LogP contribution in [0.15, 0.2) is 6.07 Å². The van der Waals surface area contributed by atoms with Crippen molar-refractivity contribution >= 4 is 5.91 Å². The van der Waals surface area contributed by atoms with Gasteiger partial charge in [0.1, 0.15) is 6.04 Å². The fourth-order valence-corrected chi connectivity index (χ4v) is 2.57. The molecular formula is C14H23N3O. The molecule has 0 spiro atoms. The molecule has 1 aromatic heterocycles. The molecule has 18 heavy (non-hydrogen) atoms. The summed E-state index contributed by atoms with van der Waals surface area (Å²) in [7, 11) is 0. The minimum atomic E-state index is -0.168. The predicted octanol–water partition coefficient (Wildman–Crippen LogP) is 2.19. The summed E-state index contributed by atoms with van der Waals surface area (Å²) in [4.78, 5) is 14.3. The van der Waals surface area contributed by atoms with Crippen LogP contribution >= 0.6 is 0 Å². The van der Waals surface area contributed by atoms with Crippen molar-refractivity contribution in [3.63, 3.8) is 0 Å². The molecule has 1 atom stereocenters. The van der Waals surface area contributed by atoms with Gasteiger partial charge in [0.05, 0.1) is 5.69 Å². The highest BCUT2D eigenvalue weighted by Gasteiger charge is 2.26. The van der Waals surface area contributed by atoms with Crippen LogP contribution in [0.3, 0.4) is 0 Å². The second kappa shape index (κ2) is 5.55. The van der Waals surface area contributed by atoms with Gasteiger partial charge in [-0.25, -0.2) is 0 Å². The molecule has 1 saturated heterocycles.